The molecule has 0 radical (unpaired) electrons. The van der Waals surface area contributed by atoms with Crippen LogP contribution >= 0.6 is 0 Å². The third-order valence-corrected chi connectivity index (χ3v) is 3.31. The number of halogens is 3. The molecule has 9 heteroatoms. The molecule has 0 bridgehead atoms. The number of likely N-dealkylation sites (tertiary alicyclic amines) is 1. The molecule has 0 saturated carbocycles. The first-order chi connectivity index (χ1) is 11.5. The second kappa shape index (κ2) is 6.78. The lowest BCUT2D eigenvalue weighted by Crippen LogP contribution is -2.36. The predicted octanol–water partition coefficient (Wildman–Crippen LogP) is 3.36. The summed E-state index contributed by atoms with van der Waals surface area (Å²) in [5, 5.41) is 8.87. The summed E-state index contributed by atoms with van der Waals surface area (Å²) in [6.45, 7) is 5.76. The molecule has 1 aromatic heterocycles. The van der Waals surface area contributed by atoms with Gasteiger partial charge in [-0.25, -0.2) is 9.78 Å². The van der Waals surface area contributed by atoms with Gasteiger partial charge in [0.2, 0.25) is 5.88 Å². The van der Waals surface area contributed by atoms with Crippen LogP contribution in [0.5, 0.6) is 5.88 Å². The molecule has 1 unspecified atom stereocenters. The number of rotatable bonds is 2. The number of carbonyl (C=O) groups excluding carboxylic acids is 1. The summed E-state index contributed by atoms with van der Waals surface area (Å²) in [6, 6.07) is 3.46. The summed E-state index contributed by atoms with van der Waals surface area (Å²) in [6.07, 6.45) is -5.27. The molecular formula is C16H18F3N3O3. The number of carbonyl (C=O) groups is 1. The molecule has 1 aliphatic rings. The van der Waals surface area contributed by atoms with Crippen LogP contribution in [0.3, 0.4) is 0 Å². The van der Waals surface area contributed by atoms with E-state index in [9.17, 15) is 18.0 Å². The van der Waals surface area contributed by atoms with Crippen molar-refractivity contribution >= 4 is 6.09 Å². The van der Waals surface area contributed by atoms with Gasteiger partial charge in [-0.2, -0.15) is 18.4 Å². The van der Waals surface area contributed by atoms with Gasteiger partial charge in [0.1, 0.15) is 17.4 Å². The number of pyridine rings is 1. The molecule has 0 N–H and O–H groups in total. The molecule has 6 nitrogen and oxygen atoms in total. The molecule has 0 spiro atoms. The summed E-state index contributed by atoms with van der Waals surface area (Å²) >= 11 is 0. The van der Waals surface area contributed by atoms with Gasteiger partial charge >= 0.3 is 12.3 Å². The van der Waals surface area contributed by atoms with E-state index in [-0.39, 0.29) is 18.0 Å². The Morgan fingerprint density at radius 2 is 2.04 bits per heavy atom. The quantitative estimate of drug-likeness (QED) is 0.811. The van der Waals surface area contributed by atoms with Gasteiger partial charge in [-0.05, 0) is 26.8 Å². The third-order valence-electron chi connectivity index (χ3n) is 3.31. The molecule has 0 aliphatic carbocycles. The van der Waals surface area contributed by atoms with Gasteiger partial charge in [-0.15, -0.1) is 0 Å². The predicted molar refractivity (Wildman–Crippen MR) is 80.8 cm³/mol. The SMILES string of the molecule is CC(C)(C)OC(=O)N1CCC(Oc2cc(C#N)cc(C(F)(F)F)n2)C1. The van der Waals surface area contributed by atoms with Gasteiger partial charge in [0.15, 0.2) is 0 Å². The summed E-state index contributed by atoms with van der Waals surface area (Å²) in [4.78, 5) is 16.8. The molecule has 1 atom stereocenters. The van der Waals surface area contributed by atoms with Crippen molar-refractivity contribution in [1.29, 1.82) is 5.26 Å². The van der Waals surface area contributed by atoms with Crippen LogP contribution in [0.1, 0.15) is 38.4 Å². The summed E-state index contributed by atoms with van der Waals surface area (Å²) in [5.41, 5.74) is -2.02. The van der Waals surface area contributed by atoms with Crippen molar-refractivity contribution in [3.63, 3.8) is 0 Å². The topological polar surface area (TPSA) is 75.4 Å². The van der Waals surface area contributed by atoms with Crippen LogP contribution in [0, 0.1) is 11.3 Å². The highest BCUT2D eigenvalue weighted by Crippen LogP contribution is 2.30. The first-order valence-electron chi connectivity index (χ1n) is 7.62. The van der Waals surface area contributed by atoms with Crippen molar-refractivity contribution in [2.75, 3.05) is 13.1 Å². The monoisotopic (exact) mass is 357 g/mol. The van der Waals surface area contributed by atoms with Crippen molar-refractivity contribution in [3.05, 3.63) is 23.4 Å². The van der Waals surface area contributed by atoms with Crippen LogP contribution in [0.15, 0.2) is 12.1 Å². The average molecular weight is 357 g/mol. The average Bonchev–Trinajstić information content (AvgIpc) is 2.93. The van der Waals surface area contributed by atoms with E-state index in [1.807, 2.05) is 0 Å². The zero-order valence-electron chi connectivity index (χ0n) is 14.1. The number of nitriles is 1. The number of alkyl halides is 3. The maximum atomic E-state index is 12.8. The van der Waals surface area contributed by atoms with Crippen molar-refractivity contribution in [3.8, 4) is 11.9 Å². The summed E-state index contributed by atoms with van der Waals surface area (Å²) < 4.78 is 49.2. The van der Waals surface area contributed by atoms with Crippen LogP contribution in [0.2, 0.25) is 0 Å². The Morgan fingerprint density at radius 3 is 2.60 bits per heavy atom. The van der Waals surface area contributed by atoms with Crippen LogP contribution < -0.4 is 4.74 Å². The van der Waals surface area contributed by atoms with Gasteiger partial charge in [0.25, 0.3) is 0 Å². The fraction of sp³-hybridized carbons (Fsp3) is 0.562. The molecular weight excluding hydrogens is 339 g/mol. The Hall–Kier alpha value is -2.50. The molecule has 1 aromatic rings. The fourth-order valence-corrected chi connectivity index (χ4v) is 2.26. The standard InChI is InChI=1S/C16H18F3N3O3/c1-15(2,3)25-14(23)22-5-4-11(9-22)24-13-7-10(8-20)6-12(21-13)16(17,18)19/h6-7,11H,4-5,9H2,1-3H3. The molecule has 1 amide bonds. The Morgan fingerprint density at radius 1 is 1.36 bits per heavy atom. The minimum absolute atomic E-state index is 0.175. The Kier molecular flexibility index (Phi) is 5.11. The molecule has 136 valence electrons. The van der Waals surface area contributed by atoms with Crippen molar-refractivity contribution in [2.24, 2.45) is 0 Å². The highest BCUT2D eigenvalue weighted by molar-refractivity contribution is 5.68. The van der Waals surface area contributed by atoms with Gasteiger partial charge in [0, 0.05) is 19.0 Å². The Labute approximate surface area is 143 Å². The maximum absolute atomic E-state index is 12.8. The van der Waals surface area contributed by atoms with Crippen molar-refractivity contribution < 1.29 is 27.4 Å². The Balaban J connectivity index is 2.06. The first-order valence-corrected chi connectivity index (χ1v) is 7.62. The number of aromatic nitrogens is 1. The number of amides is 1. The largest absolute Gasteiger partial charge is 0.472 e. The van der Waals surface area contributed by atoms with Gasteiger partial charge < -0.3 is 14.4 Å². The lowest BCUT2D eigenvalue weighted by Gasteiger charge is -2.24. The van der Waals surface area contributed by atoms with E-state index in [0.29, 0.717) is 19.0 Å². The van der Waals surface area contributed by atoms with Crippen molar-refractivity contribution in [1.82, 2.24) is 9.88 Å². The number of nitrogens with zero attached hydrogens (tertiary/aromatic N) is 3. The van der Waals surface area contributed by atoms with E-state index in [1.54, 1.807) is 26.8 Å². The van der Waals surface area contributed by atoms with E-state index in [4.69, 9.17) is 14.7 Å². The fourth-order valence-electron chi connectivity index (χ4n) is 2.26. The maximum Gasteiger partial charge on any atom is 0.433 e. The highest BCUT2D eigenvalue weighted by atomic mass is 19.4. The summed E-state index contributed by atoms with van der Waals surface area (Å²) in [5.74, 6) is -0.289. The molecule has 2 rings (SSSR count). The number of hydrogen-bond acceptors (Lipinski definition) is 5. The molecule has 1 saturated heterocycles. The number of ether oxygens (including phenoxy) is 2. The highest BCUT2D eigenvalue weighted by Gasteiger charge is 2.35. The third kappa shape index (κ3) is 5.24. The Bertz CT molecular complexity index is 693. The zero-order valence-corrected chi connectivity index (χ0v) is 14.1. The van der Waals surface area contributed by atoms with E-state index in [0.717, 1.165) is 6.07 Å². The number of hydrogen-bond donors (Lipinski definition) is 0. The molecule has 2 heterocycles. The second-order valence-corrected chi connectivity index (χ2v) is 6.64. The lowest BCUT2D eigenvalue weighted by molar-refractivity contribution is -0.141. The lowest BCUT2D eigenvalue weighted by atomic mass is 10.2. The van der Waals surface area contributed by atoms with E-state index in [1.165, 1.54) is 4.90 Å². The molecule has 0 aromatic carbocycles. The second-order valence-electron chi connectivity index (χ2n) is 6.64. The molecule has 1 aliphatic heterocycles. The zero-order chi connectivity index (χ0) is 18.8. The molecule has 1 fully saturated rings. The van der Waals surface area contributed by atoms with Crippen molar-refractivity contribution in [2.45, 2.75) is 45.1 Å². The van der Waals surface area contributed by atoms with E-state index in [2.05, 4.69) is 4.98 Å². The normalized spacial score (nSPS) is 18.0. The van der Waals surface area contributed by atoms with Gasteiger partial charge in [0.05, 0.1) is 18.2 Å². The minimum atomic E-state index is -4.68. The van der Waals surface area contributed by atoms with Gasteiger partial charge in [-0.1, -0.05) is 0 Å². The first kappa shape index (κ1) is 18.8. The smallest absolute Gasteiger partial charge is 0.433 e. The van der Waals surface area contributed by atoms with Crippen LogP contribution in [-0.4, -0.2) is 40.8 Å². The minimum Gasteiger partial charge on any atom is -0.472 e. The van der Waals surface area contributed by atoms with Crippen LogP contribution in [0.4, 0.5) is 18.0 Å². The summed E-state index contributed by atoms with van der Waals surface area (Å²) in [7, 11) is 0. The van der Waals surface area contributed by atoms with E-state index < -0.39 is 29.7 Å². The van der Waals surface area contributed by atoms with Crippen LogP contribution in [-0.2, 0) is 10.9 Å². The van der Waals surface area contributed by atoms with Gasteiger partial charge in [-0.3, -0.25) is 0 Å². The van der Waals surface area contributed by atoms with E-state index >= 15 is 0 Å². The molecule has 25 heavy (non-hydrogen) atoms. The van der Waals surface area contributed by atoms with Crippen LogP contribution in [0.25, 0.3) is 0 Å².